The van der Waals surface area contributed by atoms with E-state index >= 15 is 0 Å². The van der Waals surface area contributed by atoms with Gasteiger partial charge in [0.15, 0.2) is 0 Å². The summed E-state index contributed by atoms with van der Waals surface area (Å²) in [5.41, 5.74) is 4.02. The van der Waals surface area contributed by atoms with Crippen LogP contribution in [0.25, 0.3) is 10.6 Å². The third kappa shape index (κ3) is 5.10. The second-order valence-electron chi connectivity index (χ2n) is 6.61. The quantitative estimate of drug-likeness (QED) is 0.474. The summed E-state index contributed by atoms with van der Waals surface area (Å²) in [5, 5.41) is 6.51. The molecule has 146 valence electrons. The number of thiazole rings is 1. The van der Waals surface area contributed by atoms with Crippen LogP contribution in [0, 0.1) is 0 Å². The molecule has 0 fully saturated rings. The standard InChI is InChI=1S/C22H19ClN4OS/c23-19-7-5-16(6-8-19)22-26-20(14-29-22)11-21(28)25-12-17-3-1-2-4-18(17)13-27-10-9-24-15-27/h1-10,14-15H,11-13H2,(H,25,28). The Bertz CT molecular complexity index is 1090. The van der Waals surface area contributed by atoms with Gasteiger partial charge in [-0.1, -0.05) is 48.0 Å². The SMILES string of the molecule is O=C(Cc1csc(-c2ccc(Cl)cc2)n1)NCc1ccccc1Cn1ccnc1. The predicted octanol–water partition coefficient (Wildman–Crippen LogP) is 4.57. The molecule has 1 N–H and O–H groups in total. The van der Waals surface area contributed by atoms with E-state index in [-0.39, 0.29) is 12.3 Å². The van der Waals surface area contributed by atoms with Crippen molar-refractivity contribution in [2.75, 3.05) is 0 Å². The highest BCUT2D eigenvalue weighted by atomic mass is 35.5. The van der Waals surface area contributed by atoms with E-state index in [2.05, 4.69) is 21.4 Å². The Morgan fingerprint density at radius 1 is 1.10 bits per heavy atom. The van der Waals surface area contributed by atoms with Crippen LogP contribution in [0.15, 0.2) is 72.6 Å². The summed E-state index contributed by atoms with van der Waals surface area (Å²) in [5.74, 6) is -0.0459. The van der Waals surface area contributed by atoms with E-state index in [0.717, 1.165) is 33.9 Å². The zero-order chi connectivity index (χ0) is 20.1. The molecule has 0 aliphatic carbocycles. The van der Waals surface area contributed by atoms with Crippen LogP contribution in [-0.2, 0) is 24.3 Å². The number of hydrogen-bond acceptors (Lipinski definition) is 4. The van der Waals surface area contributed by atoms with E-state index in [4.69, 9.17) is 11.6 Å². The zero-order valence-corrected chi connectivity index (χ0v) is 17.2. The lowest BCUT2D eigenvalue weighted by atomic mass is 10.1. The number of benzene rings is 2. The Morgan fingerprint density at radius 3 is 2.66 bits per heavy atom. The molecule has 0 bridgehead atoms. The van der Waals surface area contributed by atoms with Crippen molar-refractivity contribution in [1.82, 2.24) is 19.9 Å². The first-order chi connectivity index (χ1) is 14.2. The molecule has 0 aliphatic heterocycles. The van der Waals surface area contributed by atoms with Gasteiger partial charge < -0.3 is 9.88 Å². The lowest BCUT2D eigenvalue weighted by Gasteiger charge is -2.11. The summed E-state index contributed by atoms with van der Waals surface area (Å²) >= 11 is 7.46. The average Bonchev–Trinajstić information content (AvgIpc) is 3.40. The molecule has 0 saturated carbocycles. The third-order valence-electron chi connectivity index (χ3n) is 4.49. The van der Waals surface area contributed by atoms with Gasteiger partial charge in [0.05, 0.1) is 18.4 Å². The zero-order valence-electron chi connectivity index (χ0n) is 15.6. The van der Waals surface area contributed by atoms with Crippen molar-refractivity contribution in [1.29, 1.82) is 0 Å². The number of carbonyl (C=O) groups is 1. The highest BCUT2D eigenvalue weighted by Gasteiger charge is 2.10. The van der Waals surface area contributed by atoms with Crippen molar-refractivity contribution in [3.05, 3.63) is 94.5 Å². The van der Waals surface area contributed by atoms with E-state index in [1.165, 1.54) is 11.3 Å². The molecule has 0 spiro atoms. The van der Waals surface area contributed by atoms with Crippen molar-refractivity contribution in [3.63, 3.8) is 0 Å². The molecule has 2 heterocycles. The maximum atomic E-state index is 12.4. The second kappa shape index (κ2) is 9.03. The van der Waals surface area contributed by atoms with Crippen LogP contribution < -0.4 is 5.32 Å². The van der Waals surface area contributed by atoms with Crippen LogP contribution in [0.1, 0.15) is 16.8 Å². The van der Waals surface area contributed by atoms with Crippen LogP contribution in [0.3, 0.4) is 0 Å². The van der Waals surface area contributed by atoms with E-state index in [1.54, 1.807) is 12.5 Å². The number of nitrogens with one attached hydrogen (secondary N) is 1. The lowest BCUT2D eigenvalue weighted by Crippen LogP contribution is -2.25. The van der Waals surface area contributed by atoms with E-state index < -0.39 is 0 Å². The maximum Gasteiger partial charge on any atom is 0.226 e. The van der Waals surface area contributed by atoms with Gasteiger partial charge >= 0.3 is 0 Å². The third-order valence-corrected chi connectivity index (χ3v) is 5.68. The van der Waals surface area contributed by atoms with Crippen LogP contribution in [0.2, 0.25) is 5.02 Å². The smallest absolute Gasteiger partial charge is 0.226 e. The fourth-order valence-electron chi connectivity index (χ4n) is 3.00. The largest absolute Gasteiger partial charge is 0.352 e. The van der Waals surface area contributed by atoms with Gasteiger partial charge in [-0.05, 0) is 23.3 Å². The van der Waals surface area contributed by atoms with Crippen LogP contribution in [0.5, 0.6) is 0 Å². The maximum absolute atomic E-state index is 12.4. The molecule has 7 heteroatoms. The highest BCUT2D eigenvalue weighted by Crippen LogP contribution is 2.25. The van der Waals surface area contributed by atoms with E-state index in [1.807, 2.05) is 58.6 Å². The molecule has 5 nitrogen and oxygen atoms in total. The summed E-state index contributed by atoms with van der Waals surface area (Å²) in [7, 11) is 0. The van der Waals surface area contributed by atoms with Gasteiger partial charge in [-0.2, -0.15) is 0 Å². The number of nitrogens with zero attached hydrogens (tertiary/aromatic N) is 3. The Hall–Kier alpha value is -2.96. The molecule has 0 saturated heterocycles. The topological polar surface area (TPSA) is 59.8 Å². The molecular formula is C22H19ClN4OS. The number of aromatic nitrogens is 3. The minimum Gasteiger partial charge on any atom is -0.352 e. The first kappa shape index (κ1) is 19.4. The number of halogens is 1. The van der Waals surface area contributed by atoms with Gasteiger partial charge in [0, 0.05) is 41.4 Å². The lowest BCUT2D eigenvalue weighted by molar-refractivity contribution is -0.120. The van der Waals surface area contributed by atoms with Crippen molar-refractivity contribution >= 4 is 28.8 Å². The monoisotopic (exact) mass is 422 g/mol. The predicted molar refractivity (Wildman–Crippen MR) is 116 cm³/mol. The molecule has 0 atom stereocenters. The van der Waals surface area contributed by atoms with Crippen molar-refractivity contribution in [3.8, 4) is 10.6 Å². The fraction of sp³-hybridized carbons (Fsp3) is 0.136. The van der Waals surface area contributed by atoms with Gasteiger partial charge in [-0.3, -0.25) is 4.79 Å². The van der Waals surface area contributed by atoms with Gasteiger partial charge in [0.1, 0.15) is 5.01 Å². The van der Waals surface area contributed by atoms with Gasteiger partial charge in [-0.15, -0.1) is 11.3 Å². The molecule has 2 aromatic heterocycles. The number of amides is 1. The first-order valence-corrected chi connectivity index (χ1v) is 10.4. The number of rotatable bonds is 7. The summed E-state index contributed by atoms with van der Waals surface area (Å²) in [4.78, 5) is 21.1. The van der Waals surface area contributed by atoms with Gasteiger partial charge in [-0.25, -0.2) is 9.97 Å². The van der Waals surface area contributed by atoms with Gasteiger partial charge in [0.25, 0.3) is 0 Å². The molecule has 1 amide bonds. The molecular weight excluding hydrogens is 404 g/mol. The Balaban J connectivity index is 1.36. The number of hydrogen-bond donors (Lipinski definition) is 1. The molecule has 0 unspecified atom stereocenters. The molecule has 2 aromatic carbocycles. The Kier molecular flexibility index (Phi) is 6.03. The molecule has 4 rings (SSSR count). The minimum absolute atomic E-state index is 0.0459. The summed E-state index contributed by atoms with van der Waals surface area (Å²) in [6, 6.07) is 15.6. The summed E-state index contributed by atoms with van der Waals surface area (Å²) < 4.78 is 2.01. The van der Waals surface area contributed by atoms with Gasteiger partial charge in [0.2, 0.25) is 5.91 Å². The van der Waals surface area contributed by atoms with Crippen LogP contribution in [-0.4, -0.2) is 20.4 Å². The highest BCUT2D eigenvalue weighted by molar-refractivity contribution is 7.13. The molecule has 0 radical (unpaired) electrons. The number of carbonyl (C=O) groups excluding carboxylic acids is 1. The first-order valence-electron chi connectivity index (χ1n) is 9.17. The fourth-order valence-corrected chi connectivity index (χ4v) is 3.95. The molecule has 0 aliphatic rings. The summed E-state index contributed by atoms with van der Waals surface area (Å²) in [6.45, 7) is 1.21. The second-order valence-corrected chi connectivity index (χ2v) is 7.90. The Morgan fingerprint density at radius 2 is 1.90 bits per heavy atom. The van der Waals surface area contributed by atoms with E-state index in [0.29, 0.717) is 11.6 Å². The minimum atomic E-state index is -0.0459. The van der Waals surface area contributed by atoms with Crippen molar-refractivity contribution in [2.24, 2.45) is 0 Å². The van der Waals surface area contributed by atoms with Crippen molar-refractivity contribution < 1.29 is 4.79 Å². The average molecular weight is 423 g/mol. The van der Waals surface area contributed by atoms with Crippen LogP contribution in [0.4, 0.5) is 0 Å². The van der Waals surface area contributed by atoms with Crippen LogP contribution >= 0.6 is 22.9 Å². The Labute approximate surface area is 178 Å². The molecule has 29 heavy (non-hydrogen) atoms. The van der Waals surface area contributed by atoms with E-state index in [9.17, 15) is 4.79 Å². The normalized spacial score (nSPS) is 10.8. The molecule has 4 aromatic rings. The number of imidazole rings is 1. The van der Waals surface area contributed by atoms with Crippen molar-refractivity contribution in [2.45, 2.75) is 19.5 Å². The summed E-state index contributed by atoms with van der Waals surface area (Å²) in [6.07, 6.45) is 5.73.